The van der Waals surface area contributed by atoms with Crippen molar-refractivity contribution in [3.05, 3.63) is 46.0 Å². The van der Waals surface area contributed by atoms with Crippen LogP contribution < -0.4 is 10.1 Å². The molecule has 0 aliphatic heterocycles. The number of nitrogens with zero attached hydrogens (tertiary/aromatic N) is 2. The van der Waals surface area contributed by atoms with Gasteiger partial charge in [-0.15, -0.1) is 0 Å². The molecule has 1 N–H and O–H groups in total. The van der Waals surface area contributed by atoms with E-state index in [0.29, 0.717) is 23.1 Å². The molecule has 0 saturated carbocycles. The number of amides is 1. The third-order valence-electron chi connectivity index (χ3n) is 4.23. The normalized spacial score (nSPS) is 10.9. The van der Waals surface area contributed by atoms with Crippen molar-refractivity contribution in [1.29, 1.82) is 0 Å². The van der Waals surface area contributed by atoms with Crippen molar-refractivity contribution in [2.45, 2.75) is 13.8 Å². The zero-order valence-electron chi connectivity index (χ0n) is 14.7. The first kappa shape index (κ1) is 18.7. The first-order valence-electron chi connectivity index (χ1n) is 8.28. The molecule has 0 aliphatic rings. The lowest BCUT2D eigenvalue weighted by atomic mass is 10.0. The van der Waals surface area contributed by atoms with Gasteiger partial charge in [-0.2, -0.15) is 0 Å². The number of nitro groups is 1. The number of likely N-dealkylation sites (N-methyl/N-ethyl adjacent to an activating group) is 1. The monoisotopic (exact) mass is 345 g/mol. The Bertz CT molecular complexity index is 772. The number of hydrogen-bond donors (Lipinski definition) is 1. The standard InChI is InChI=1S/C18H23N3O4/c1-4-20(5-2)11-10-19-18(22)15-12-16(21(23)24)13-8-6-7-9-14(13)17(15)25-3/h6-9,12H,4-5,10-11H2,1-3H3,(H,19,22). The maximum atomic E-state index is 12.6. The Labute approximate surface area is 146 Å². The van der Waals surface area contributed by atoms with E-state index in [1.807, 2.05) is 0 Å². The second kappa shape index (κ2) is 8.43. The van der Waals surface area contributed by atoms with Crippen LogP contribution in [0.5, 0.6) is 5.75 Å². The van der Waals surface area contributed by atoms with Crippen molar-refractivity contribution in [2.75, 3.05) is 33.3 Å². The average molecular weight is 345 g/mol. The van der Waals surface area contributed by atoms with Crippen molar-refractivity contribution in [2.24, 2.45) is 0 Å². The van der Waals surface area contributed by atoms with Crippen LogP contribution in [-0.2, 0) is 0 Å². The molecule has 0 aliphatic carbocycles. The molecule has 0 aromatic heterocycles. The minimum Gasteiger partial charge on any atom is -0.495 e. The zero-order chi connectivity index (χ0) is 18.4. The Kier molecular flexibility index (Phi) is 6.30. The maximum absolute atomic E-state index is 12.6. The van der Waals surface area contributed by atoms with Gasteiger partial charge in [0, 0.05) is 24.5 Å². The van der Waals surface area contributed by atoms with E-state index < -0.39 is 4.92 Å². The maximum Gasteiger partial charge on any atom is 0.278 e. The van der Waals surface area contributed by atoms with Gasteiger partial charge < -0.3 is 15.0 Å². The summed E-state index contributed by atoms with van der Waals surface area (Å²) in [5.41, 5.74) is 0.0674. The first-order chi connectivity index (χ1) is 12.0. The van der Waals surface area contributed by atoms with E-state index in [1.165, 1.54) is 13.2 Å². The fourth-order valence-electron chi connectivity index (χ4n) is 2.83. The summed E-state index contributed by atoms with van der Waals surface area (Å²) >= 11 is 0. The van der Waals surface area contributed by atoms with E-state index >= 15 is 0 Å². The molecular weight excluding hydrogens is 322 g/mol. The summed E-state index contributed by atoms with van der Waals surface area (Å²) in [5, 5.41) is 15.2. The molecule has 2 aromatic carbocycles. The molecule has 134 valence electrons. The molecule has 2 rings (SSSR count). The number of carbonyl (C=O) groups is 1. The fraction of sp³-hybridized carbons (Fsp3) is 0.389. The molecule has 7 heteroatoms. The van der Waals surface area contributed by atoms with Gasteiger partial charge in [0.25, 0.3) is 11.6 Å². The second-order valence-electron chi connectivity index (χ2n) is 5.56. The number of carbonyl (C=O) groups excluding carboxylic acids is 1. The first-order valence-corrected chi connectivity index (χ1v) is 8.28. The molecule has 0 spiro atoms. The van der Waals surface area contributed by atoms with E-state index in [4.69, 9.17) is 4.74 Å². The van der Waals surface area contributed by atoms with Crippen LogP contribution in [0.2, 0.25) is 0 Å². The Morgan fingerprint density at radius 2 is 1.88 bits per heavy atom. The lowest BCUT2D eigenvalue weighted by molar-refractivity contribution is -0.383. The molecule has 0 unspecified atom stereocenters. The highest BCUT2D eigenvalue weighted by Crippen LogP contribution is 2.36. The van der Waals surface area contributed by atoms with Gasteiger partial charge in [-0.3, -0.25) is 14.9 Å². The van der Waals surface area contributed by atoms with Crippen molar-refractivity contribution in [3.8, 4) is 5.75 Å². The van der Waals surface area contributed by atoms with Crippen molar-refractivity contribution < 1.29 is 14.5 Å². The number of nitrogens with one attached hydrogen (secondary N) is 1. The number of non-ortho nitro benzene ring substituents is 1. The van der Waals surface area contributed by atoms with Crippen LogP contribution in [0.25, 0.3) is 10.8 Å². The topological polar surface area (TPSA) is 84.7 Å². The molecule has 1 amide bonds. The number of ether oxygens (including phenoxy) is 1. The van der Waals surface area contributed by atoms with Gasteiger partial charge in [-0.05, 0) is 19.2 Å². The smallest absolute Gasteiger partial charge is 0.278 e. The summed E-state index contributed by atoms with van der Waals surface area (Å²) in [5.74, 6) is -0.0283. The lowest BCUT2D eigenvalue weighted by Gasteiger charge is -2.18. The van der Waals surface area contributed by atoms with Crippen molar-refractivity contribution in [3.63, 3.8) is 0 Å². The molecule has 0 bridgehead atoms. The summed E-state index contributed by atoms with van der Waals surface area (Å²) in [4.78, 5) is 25.7. The van der Waals surface area contributed by atoms with Gasteiger partial charge in [0.05, 0.1) is 23.0 Å². The molecule has 0 fully saturated rings. The van der Waals surface area contributed by atoms with Crippen LogP contribution in [0, 0.1) is 10.1 Å². The summed E-state index contributed by atoms with van der Waals surface area (Å²) in [6, 6.07) is 8.13. The van der Waals surface area contributed by atoms with Crippen molar-refractivity contribution >= 4 is 22.4 Å². The Hall–Kier alpha value is -2.67. The van der Waals surface area contributed by atoms with Gasteiger partial charge in [0.2, 0.25) is 0 Å². The number of hydrogen-bond acceptors (Lipinski definition) is 5. The fourth-order valence-corrected chi connectivity index (χ4v) is 2.83. The molecule has 25 heavy (non-hydrogen) atoms. The molecule has 0 atom stereocenters. The minimum absolute atomic E-state index is 0.106. The third kappa shape index (κ3) is 4.06. The van der Waals surface area contributed by atoms with Crippen molar-refractivity contribution in [1.82, 2.24) is 10.2 Å². The molecule has 2 aromatic rings. The summed E-state index contributed by atoms with van der Waals surface area (Å²) in [7, 11) is 1.46. The van der Waals surface area contributed by atoms with Gasteiger partial charge in [0.15, 0.2) is 0 Å². The number of rotatable bonds is 8. The molecule has 0 saturated heterocycles. The van der Waals surface area contributed by atoms with Crippen LogP contribution >= 0.6 is 0 Å². The lowest BCUT2D eigenvalue weighted by Crippen LogP contribution is -2.35. The van der Waals surface area contributed by atoms with Gasteiger partial charge in [-0.25, -0.2) is 0 Å². The van der Waals surface area contributed by atoms with E-state index in [2.05, 4.69) is 24.1 Å². The number of nitro benzene ring substituents is 1. The SMILES string of the molecule is CCN(CC)CCNC(=O)c1cc([N+](=O)[O-])c2ccccc2c1OC. The number of fused-ring (bicyclic) bond motifs is 1. The van der Waals surface area contributed by atoms with E-state index in [1.54, 1.807) is 24.3 Å². The van der Waals surface area contributed by atoms with Crippen LogP contribution in [-0.4, -0.2) is 49.0 Å². The van der Waals surface area contributed by atoms with E-state index in [-0.39, 0.29) is 17.2 Å². The Morgan fingerprint density at radius 3 is 2.44 bits per heavy atom. The molecule has 0 heterocycles. The third-order valence-corrected chi connectivity index (χ3v) is 4.23. The van der Waals surface area contributed by atoms with Gasteiger partial charge in [0.1, 0.15) is 5.75 Å². The number of benzene rings is 2. The largest absolute Gasteiger partial charge is 0.495 e. The summed E-state index contributed by atoms with van der Waals surface area (Å²) < 4.78 is 5.39. The molecule has 7 nitrogen and oxygen atoms in total. The molecular formula is C18H23N3O4. The van der Waals surface area contributed by atoms with E-state index in [9.17, 15) is 14.9 Å². The zero-order valence-corrected chi connectivity index (χ0v) is 14.7. The number of methoxy groups -OCH3 is 1. The van der Waals surface area contributed by atoms with Crippen LogP contribution in [0.1, 0.15) is 24.2 Å². The minimum atomic E-state index is -0.478. The average Bonchev–Trinajstić information content (AvgIpc) is 2.63. The van der Waals surface area contributed by atoms with Gasteiger partial charge >= 0.3 is 0 Å². The highest BCUT2D eigenvalue weighted by Gasteiger charge is 2.23. The highest BCUT2D eigenvalue weighted by molar-refractivity contribution is 6.07. The summed E-state index contributed by atoms with van der Waals surface area (Å²) in [6.45, 7) is 7.09. The van der Waals surface area contributed by atoms with Gasteiger partial charge in [-0.1, -0.05) is 32.0 Å². The van der Waals surface area contributed by atoms with Crippen LogP contribution in [0.3, 0.4) is 0 Å². The molecule has 0 radical (unpaired) electrons. The van der Waals surface area contributed by atoms with Crippen LogP contribution in [0.4, 0.5) is 5.69 Å². The van der Waals surface area contributed by atoms with E-state index in [0.717, 1.165) is 19.6 Å². The predicted octanol–water partition coefficient (Wildman–Crippen LogP) is 2.83. The Morgan fingerprint density at radius 1 is 1.24 bits per heavy atom. The summed E-state index contributed by atoms with van der Waals surface area (Å²) in [6.07, 6.45) is 0. The highest BCUT2D eigenvalue weighted by atomic mass is 16.6. The predicted molar refractivity (Wildman–Crippen MR) is 97.3 cm³/mol. The Balaban J connectivity index is 2.36. The van der Waals surface area contributed by atoms with Crippen LogP contribution in [0.15, 0.2) is 30.3 Å². The quantitative estimate of drug-likeness (QED) is 0.587. The second-order valence-corrected chi connectivity index (χ2v) is 5.56.